The van der Waals surface area contributed by atoms with Gasteiger partial charge in [-0.3, -0.25) is 0 Å². The smallest absolute Gasteiger partial charge is 0.123 e. The third-order valence-corrected chi connectivity index (χ3v) is 5.04. The molecule has 0 bridgehead atoms. The van der Waals surface area contributed by atoms with Crippen LogP contribution in [-0.4, -0.2) is 5.11 Å². The van der Waals surface area contributed by atoms with Crippen LogP contribution in [0.25, 0.3) is 0 Å². The highest BCUT2D eigenvalue weighted by atomic mass is 35.5. The van der Waals surface area contributed by atoms with E-state index in [2.05, 4.69) is 81.4 Å². The normalized spacial score (nSPS) is 14.0. The van der Waals surface area contributed by atoms with Gasteiger partial charge in [-0.05, 0) is 40.1 Å². The molecule has 1 nitrogen and oxygen atoms in total. The number of hydrogen-bond acceptors (Lipinski definition) is 1. The highest BCUT2D eigenvalue weighted by molar-refractivity contribution is 6.17. The molecule has 0 aliphatic heterocycles. The van der Waals surface area contributed by atoms with Crippen molar-refractivity contribution in [3.63, 3.8) is 0 Å². The third kappa shape index (κ3) is 6.20. The van der Waals surface area contributed by atoms with Gasteiger partial charge in [-0.25, -0.2) is 0 Å². The zero-order chi connectivity index (χ0) is 19.8. The Kier molecular flexibility index (Phi) is 6.38. The fourth-order valence-corrected chi connectivity index (χ4v) is 4.80. The molecule has 1 aromatic rings. The van der Waals surface area contributed by atoms with Crippen molar-refractivity contribution in [3.8, 4) is 5.75 Å². The second kappa shape index (κ2) is 7.14. The molecule has 0 atom stereocenters. The van der Waals surface area contributed by atoms with Crippen LogP contribution >= 0.6 is 11.6 Å². The summed E-state index contributed by atoms with van der Waals surface area (Å²) in [4.78, 5) is 0. The zero-order valence-electron chi connectivity index (χ0n) is 18.1. The molecule has 0 fully saturated rings. The molecule has 2 heteroatoms. The van der Waals surface area contributed by atoms with E-state index >= 15 is 0 Å². The maximum Gasteiger partial charge on any atom is 0.123 e. The van der Waals surface area contributed by atoms with Crippen LogP contribution in [0.4, 0.5) is 0 Å². The van der Waals surface area contributed by atoms with Gasteiger partial charge in [0, 0.05) is 17.0 Å². The molecule has 0 aliphatic carbocycles. The lowest BCUT2D eigenvalue weighted by molar-refractivity contribution is 0.268. The first kappa shape index (κ1) is 22.4. The van der Waals surface area contributed by atoms with Crippen molar-refractivity contribution in [2.75, 3.05) is 0 Å². The summed E-state index contributed by atoms with van der Waals surface area (Å²) in [5, 5.41) is 11.2. The fraction of sp³-hybridized carbons (Fsp3) is 0.739. The van der Waals surface area contributed by atoms with Crippen LogP contribution in [0.15, 0.2) is 12.1 Å². The molecule has 25 heavy (non-hydrogen) atoms. The summed E-state index contributed by atoms with van der Waals surface area (Å²) in [6.45, 7) is 22.4. The van der Waals surface area contributed by atoms with Crippen molar-refractivity contribution >= 4 is 11.6 Å². The minimum Gasteiger partial charge on any atom is -0.507 e. The molecular formula is C23H39ClO. The van der Waals surface area contributed by atoms with Gasteiger partial charge in [0.1, 0.15) is 5.75 Å². The SMILES string of the molecule is CC(C)(C)CC(C)(C)c1cc(CCl)cc(C(C)(C)CC(C)(C)C)c1O. The minimum absolute atomic E-state index is 0.114. The molecule has 0 aliphatic rings. The maximum atomic E-state index is 11.2. The molecule has 0 saturated heterocycles. The van der Waals surface area contributed by atoms with E-state index in [1.807, 2.05) is 0 Å². The van der Waals surface area contributed by atoms with E-state index in [1.165, 1.54) is 0 Å². The van der Waals surface area contributed by atoms with Crippen LogP contribution in [0, 0.1) is 10.8 Å². The molecule has 144 valence electrons. The number of benzene rings is 1. The van der Waals surface area contributed by atoms with Crippen molar-refractivity contribution in [2.24, 2.45) is 10.8 Å². The van der Waals surface area contributed by atoms with E-state index in [-0.39, 0.29) is 21.7 Å². The highest BCUT2D eigenvalue weighted by Gasteiger charge is 2.35. The Morgan fingerprint density at radius 3 is 1.28 bits per heavy atom. The number of phenols is 1. The lowest BCUT2D eigenvalue weighted by Gasteiger charge is -2.37. The van der Waals surface area contributed by atoms with E-state index in [0.29, 0.717) is 11.6 Å². The maximum absolute atomic E-state index is 11.2. The molecule has 0 unspecified atom stereocenters. The first-order valence-electron chi connectivity index (χ1n) is 9.41. The fourth-order valence-electron chi connectivity index (χ4n) is 4.65. The van der Waals surface area contributed by atoms with E-state index < -0.39 is 0 Å². The monoisotopic (exact) mass is 366 g/mol. The van der Waals surface area contributed by atoms with Gasteiger partial charge in [0.25, 0.3) is 0 Å². The van der Waals surface area contributed by atoms with Gasteiger partial charge in [0.05, 0.1) is 0 Å². The van der Waals surface area contributed by atoms with Crippen LogP contribution in [-0.2, 0) is 16.7 Å². The summed E-state index contributed by atoms with van der Waals surface area (Å²) in [7, 11) is 0. The van der Waals surface area contributed by atoms with Crippen LogP contribution in [0.3, 0.4) is 0 Å². The number of alkyl halides is 1. The van der Waals surface area contributed by atoms with E-state index in [0.717, 1.165) is 29.5 Å². The van der Waals surface area contributed by atoms with Gasteiger partial charge in [-0.1, -0.05) is 81.4 Å². The standard InChI is InChI=1S/C23H39ClO/c1-20(2,3)14-22(7,8)17-11-16(13-24)12-18(19(17)25)23(9,10)15-21(4,5)6/h11-12,25H,13-15H2,1-10H3. The average molecular weight is 367 g/mol. The molecule has 1 aromatic carbocycles. The largest absolute Gasteiger partial charge is 0.507 e. The summed E-state index contributed by atoms with van der Waals surface area (Å²) < 4.78 is 0. The van der Waals surface area contributed by atoms with Gasteiger partial charge >= 0.3 is 0 Å². The van der Waals surface area contributed by atoms with Crippen LogP contribution in [0.5, 0.6) is 5.75 Å². The summed E-state index contributed by atoms with van der Waals surface area (Å²) in [6.07, 6.45) is 2.00. The predicted octanol–water partition coefficient (Wildman–Crippen LogP) is 7.56. The quantitative estimate of drug-likeness (QED) is 0.533. The van der Waals surface area contributed by atoms with Gasteiger partial charge in [-0.2, -0.15) is 0 Å². The van der Waals surface area contributed by atoms with Gasteiger partial charge in [-0.15, -0.1) is 11.6 Å². The Labute approximate surface area is 161 Å². The molecule has 0 aromatic heterocycles. The van der Waals surface area contributed by atoms with Gasteiger partial charge < -0.3 is 5.11 Å². The number of hydrogen-bond donors (Lipinski definition) is 1. The van der Waals surface area contributed by atoms with Crippen molar-refractivity contribution in [1.29, 1.82) is 0 Å². The van der Waals surface area contributed by atoms with Crippen molar-refractivity contribution in [2.45, 2.75) is 98.8 Å². The van der Waals surface area contributed by atoms with Gasteiger partial charge in [0.2, 0.25) is 0 Å². The minimum atomic E-state index is -0.114. The summed E-state index contributed by atoms with van der Waals surface area (Å²) in [6, 6.07) is 4.20. The molecule has 0 heterocycles. The third-order valence-electron chi connectivity index (χ3n) is 4.73. The summed E-state index contributed by atoms with van der Waals surface area (Å²) >= 11 is 6.21. The Hall–Kier alpha value is -0.690. The van der Waals surface area contributed by atoms with Crippen molar-refractivity contribution in [3.05, 3.63) is 28.8 Å². The van der Waals surface area contributed by atoms with E-state index in [4.69, 9.17) is 11.6 Å². The molecular weight excluding hydrogens is 328 g/mol. The first-order chi connectivity index (χ1) is 11.0. The first-order valence-corrected chi connectivity index (χ1v) is 9.95. The molecule has 0 spiro atoms. The summed E-state index contributed by atoms with van der Waals surface area (Å²) in [5.74, 6) is 0.926. The average Bonchev–Trinajstić information content (AvgIpc) is 2.32. The molecule has 0 amide bonds. The van der Waals surface area contributed by atoms with E-state index in [1.54, 1.807) is 0 Å². The number of aromatic hydroxyl groups is 1. The molecule has 1 rings (SSSR count). The van der Waals surface area contributed by atoms with E-state index in [9.17, 15) is 5.11 Å². The van der Waals surface area contributed by atoms with Crippen LogP contribution < -0.4 is 0 Å². The van der Waals surface area contributed by atoms with Crippen molar-refractivity contribution in [1.82, 2.24) is 0 Å². The highest BCUT2D eigenvalue weighted by Crippen LogP contribution is 2.47. The van der Waals surface area contributed by atoms with Crippen LogP contribution in [0.1, 0.15) is 98.8 Å². The second-order valence-electron chi connectivity index (χ2n) is 11.4. The van der Waals surface area contributed by atoms with Gasteiger partial charge in [0.15, 0.2) is 0 Å². The Morgan fingerprint density at radius 2 is 1.04 bits per heavy atom. The lowest BCUT2D eigenvalue weighted by atomic mass is 9.68. The van der Waals surface area contributed by atoms with Crippen LogP contribution in [0.2, 0.25) is 0 Å². The number of rotatable bonds is 5. The molecule has 0 radical (unpaired) electrons. The zero-order valence-corrected chi connectivity index (χ0v) is 18.9. The predicted molar refractivity (Wildman–Crippen MR) is 112 cm³/mol. The summed E-state index contributed by atoms with van der Waals surface area (Å²) in [5.41, 5.74) is 3.29. The second-order valence-corrected chi connectivity index (χ2v) is 11.7. The Bertz CT molecular complexity index is 548. The lowest BCUT2D eigenvalue weighted by Crippen LogP contribution is -2.28. The Balaban J connectivity index is 3.53. The Morgan fingerprint density at radius 1 is 0.720 bits per heavy atom. The topological polar surface area (TPSA) is 20.2 Å². The molecule has 1 N–H and O–H groups in total. The molecule has 0 saturated carbocycles. The number of phenolic OH excluding ortho intramolecular Hbond substituents is 1. The van der Waals surface area contributed by atoms with Crippen molar-refractivity contribution < 1.29 is 5.11 Å². The number of halogens is 1.